The number of aromatic nitrogens is 5. The molecule has 43 heavy (non-hydrogen) atoms. The third-order valence-corrected chi connectivity index (χ3v) is 7.86. The average Bonchev–Trinajstić information content (AvgIpc) is 3.71. The van der Waals surface area contributed by atoms with Gasteiger partial charge in [-0.15, -0.1) is 22.7 Å². The third-order valence-electron chi connectivity index (χ3n) is 5.41. The van der Waals surface area contributed by atoms with Gasteiger partial charge in [0.05, 0.1) is 11.1 Å². The Morgan fingerprint density at radius 1 is 0.953 bits per heavy atom. The summed E-state index contributed by atoms with van der Waals surface area (Å²) in [5.41, 5.74) is 0.591. The van der Waals surface area contributed by atoms with Crippen molar-refractivity contribution in [1.82, 2.24) is 25.1 Å². The van der Waals surface area contributed by atoms with Crippen LogP contribution in [0.5, 0.6) is 0 Å². The molecule has 0 atom stereocenters. The summed E-state index contributed by atoms with van der Waals surface area (Å²) in [6.45, 7) is 0.213. The van der Waals surface area contributed by atoms with Gasteiger partial charge in [0.1, 0.15) is 24.6 Å². The van der Waals surface area contributed by atoms with Gasteiger partial charge in [0, 0.05) is 41.7 Å². The summed E-state index contributed by atoms with van der Waals surface area (Å²) in [4.78, 5) is 25.0. The minimum absolute atomic E-state index is 0.0428. The zero-order valence-corrected chi connectivity index (χ0v) is 23.2. The number of alkyl halides is 6. The first-order valence-corrected chi connectivity index (χ1v) is 13.6. The number of nitrogens with zero attached hydrogens (tertiary/aromatic N) is 6. The molecule has 5 aromatic heterocycles. The number of nitro benzene ring substituents is 1. The topological polar surface area (TPSA) is 133 Å². The van der Waals surface area contributed by atoms with Crippen LogP contribution in [-0.2, 0) is 18.9 Å². The van der Waals surface area contributed by atoms with Gasteiger partial charge >= 0.3 is 12.4 Å². The fourth-order valence-corrected chi connectivity index (χ4v) is 5.53. The smallest absolute Gasteiger partial charge is 0.353 e. The fraction of sp³-hybridized carbons (Fsp3) is 0.125. The number of nitro groups is 1. The van der Waals surface area contributed by atoms with E-state index in [0.29, 0.717) is 33.6 Å². The quantitative estimate of drug-likeness (QED) is 0.0840. The first-order valence-electron chi connectivity index (χ1n) is 11.5. The summed E-state index contributed by atoms with van der Waals surface area (Å²) in [5, 5.41) is 17.5. The lowest BCUT2D eigenvalue weighted by Gasteiger charge is -2.04. The highest BCUT2D eigenvalue weighted by molar-refractivity contribution is 7.19. The van der Waals surface area contributed by atoms with Gasteiger partial charge < -0.3 is 9.84 Å². The summed E-state index contributed by atoms with van der Waals surface area (Å²) in [6, 6.07) is 9.45. The van der Waals surface area contributed by atoms with E-state index in [-0.39, 0.29) is 50.0 Å². The maximum atomic E-state index is 12.7. The minimum atomic E-state index is -4.43. The molecule has 0 aliphatic carbocycles. The van der Waals surface area contributed by atoms with Crippen LogP contribution >= 0.6 is 34.3 Å². The van der Waals surface area contributed by atoms with E-state index >= 15 is 0 Å². The van der Waals surface area contributed by atoms with Gasteiger partial charge in [-0.05, 0) is 17.7 Å². The minimum Gasteiger partial charge on any atom is -0.353 e. The number of anilines is 1. The van der Waals surface area contributed by atoms with Crippen molar-refractivity contribution in [3.05, 3.63) is 85.4 Å². The molecule has 5 heterocycles. The van der Waals surface area contributed by atoms with Crippen molar-refractivity contribution in [1.29, 1.82) is 0 Å². The number of non-ortho nitro benzene ring substituents is 1. The van der Waals surface area contributed by atoms with E-state index in [1.807, 2.05) is 0 Å². The molecule has 0 spiro atoms. The van der Waals surface area contributed by atoms with Crippen molar-refractivity contribution in [2.24, 2.45) is 0 Å². The number of benzene rings is 1. The summed E-state index contributed by atoms with van der Waals surface area (Å²) in [5.74, 6) is 0.501. The Hall–Kier alpha value is -4.42. The van der Waals surface area contributed by atoms with Crippen LogP contribution in [0, 0.1) is 10.1 Å². The molecule has 0 saturated carbocycles. The van der Waals surface area contributed by atoms with E-state index in [0.717, 1.165) is 12.1 Å². The van der Waals surface area contributed by atoms with Crippen LogP contribution in [0.15, 0.2) is 59.4 Å². The molecule has 0 bridgehead atoms. The Morgan fingerprint density at radius 3 is 2.35 bits per heavy atom. The van der Waals surface area contributed by atoms with Crippen molar-refractivity contribution in [2.45, 2.75) is 18.9 Å². The zero-order valence-electron chi connectivity index (χ0n) is 20.8. The highest BCUT2D eigenvalue weighted by Gasteiger charge is 2.34. The van der Waals surface area contributed by atoms with E-state index in [2.05, 4.69) is 30.4 Å². The Bertz CT molecular complexity index is 1930. The molecule has 222 valence electrons. The Kier molecular flexibility index (Phi) is 8.17. The first kappa shape index (κ1) is 30.1. The number of fused-ring (bicyclic) bond motifs is 2. The highest BCUT2D eigenvalue weighted by Crippen LogP contribution is 2.40. The maximum absolute atomic E-state index is 12.7. The molecule has 0 amide bonds. The molecule has 0 aliphatic rings. The molecule has 19 heteroatoms. The molecule has 6 rings (SSSR count). The summed E-state index contributed by atoms with van der Waals surface area (Å²) in [6.07, 6.45) is -6.15. The van der Waals surface area contributed by atoms with Crippen molar-refractivity contribution in [3.8, 4) is 11.6 Å². The third kappa shape index (κ3) is 6.98. The Morgan fingerprint density at radius 2 is 1.67 bits per heavy atom. The second kappa shape index (κ2) is 11.7. The van der Waals surface area contributed by atoms with Gasteiger partial charge in [0.15, 0.2) is 0 Å². The van der Waals surface area contributed by atoms with Crippen LogP contribution in [0.4, 0.5) is 38.0 Å². The van der Waals surface area contributed by atoms with Crippen molar-refractivity contribution in [3.63, 3.8) is 0 Å². The largest absolute Gasteiger partial charge is 0.425 e. The van der Waals surface area contributed by atoms with Gasteiger partial charge in [0.25, 0.3) is 5.69 Å². The van der Waals surface area contributed by atoms with Crippen LogP contribution in [0.1, 0.15) is 15.3 Å². The summed E-state index contributed by atoms with van der Waals surface area (Å²) >= 11 is 6.92. The van der Waals surface area contributed by atoms with Crippen molar-refractivity contribution >= 4 is 66.3 Å². The molecule has 0 aliphatic heterocycles. The van der Waals surface area contributed by atoms with Gasteiger partial charge in [-0.3, -0.25) is 10.1 Å². The van der Waals surface area contributed by atoms with Crippen LogP contribution in [0.2, 0.25) is 5.15 Å². The number of rotatable bonds is 5. The second-order valence-corrected chi connectivity index (χ2v) is 10.8. The standard InChI is InChI=1S/C14H9F3N4O2S.C10H3ClF3N3OS/c15-14(16,17)11-5-9-7-19-13(20-12(9)24-11)18-6-8-2-1-3-10(4-8)21(22)23;11-7-4-3-6(10(12,13)14)19-9(4)17-8(16-7)5-1-2-15-18-5/h1-5,7H,6H2,(H,18,19,20);1-3H. The average molecular weight is 660 g/mol. The molecule has 0 unspecified atom stereocenters. The first-order chi connectivity index (χ1) is 20.3. The molecule has 10 nitrogen and oxygen atoms in total. The number of nitrogens with one attached hydrogen (secondary N) is 1. The Labute approximate surface area is 248 Å². The molecule has 0 saturated heterocycles. The fourth-order valence-electron chi connectivity index (χ4n) is 3.48. The molecular weight excluding hydrogens is 648 g/mol. The van der Waals surface area contributed by atoms with E-state index in [4.69, 9.17) is 16.1 Å². The molecule has 0 fully saturated rings. The van der Waals surface area contributed by atoms with Gasteiger partial charge in [0.2, 0.25) is 17.5 Å². The highest BCUT2D eigenvalue weighted by atomic mass is 35.5. The summed E-state index contributed by atoms with van der Waals surface area (Å²) < 4.78 is 80.8. The van der Waals surface area contributed by atoms with Crippen LogP contribution in [0.25, 0.3) is 32.0 Å². The lowest BCUT2D eigenvalue weighted by Crippen LogP contribution is -2.03. The van der Waals surface area contributed by atoms with Gasteiger partial charge in [-0.1, -0.05) is 28.9 Å². The number of hydrogen-bond donors (Lipinski definition) is 1. The Balaban J connectivity index is 0.000000176. The summed E-state index contributed by atoms with van der Waals surface area (Å²) in [7, 11) is 0. The number of thiophene rings is 2. The lowest BCUT2D eigenvalue weighted by atomic mass is 10.2. The van der Waals surface area contributed by atoms with Gasteiger partial charge in [-0.25, -0.2) is 19.9 Å². The molecule has 1 aromatic carbocycles. The van der Waals surface area contributed by atoms with Gasteiger partial charge in [-0.2, -0.15) is 26.3 Å². The maximum Gasteiger partial charge on any atom is 0.425 e. The van der Waals surface area contributed by atoms with Crippen molar-refractivity contribution < 1.29 is 35.8 Å². The van der Waals surface area contributed by atoms with Crippen LogP contribution in [-0.4, -0.2) is 30.0 Å². The van der Waals surface area contributed by atoms with E-state index in [1.54, 1.807) is 12.1 Å². The zero-order chi connectivity index (χ0) is 30.9. The lowest BCUT2D eigenvalue weighted by molar-refractivity contribution is -0.384. The van der Waals surface area contributed by atoms with E-state index < -0.39 is 27.0 Å². The second-order valence-electron chi connectivity index (χ2n) is 8.39. The van der Waals surface area contributed by atoms with Crippen molar-refractivity contribution in [2.75, 3.05) is 5.32 Å². The normalized spacial score (nSPS) is 11.9. The molecule has 6 aromatic rings. The molecular formula is C24H12ClF6N7O3S2. The van der Waals surface area contributed by atoms with E-state index in [1.165, 1.54) is 30.6 Å². The SMILES string of the molecule is FC(F)(F)c1cc2c(Cl)nc(-c3ccno3)nc2s1.O=[N+]([O-])c1cccc(CNc2ncc3cc(C(F)(F)F)sc3n2)c1. The van der Waals surface area contributed by atoms with Crippen LogP contribution in [0.3, 0.4) is 0 Å². The molecule has 1 N–H and O–H groups in total. The van der Waals surface area contributed by atoms with E-state index in [9.17, 15) is 36.5 Å². The monoisotopic (exact) mass is 659 g/mol. The molecule has 0 radical (unpaired) electrons. The van der Waals surface area contributed by atoms with Crippen LogP contribution < -0.4 is 5.32 Å². The predicted molar refractivity (Wildman–Crippen MR) is 146 cm³/mol. The predicted octanol–water partition coefficient (Wildman–Crippen LogP) is 8.25. The number of hydrogen-bond acceptors (Lipinski definition) is 11. The number of halogens is 7.